The van der Waals surface area contributed by atoms with Crippen LogP contribution in [0.4, 0.5) is 5.69 Å². The predicted molar refractivity (Wildman–Crippen MR) is 72.1 cm³/mol. The van der Waals surface area contributed by atoms with Crippen LogP contribution in [-0.2, 0) is 9.59 Å². The van der Waals surface area contributed by atoms with Crippen molar-refractivity contribution in [3.05, 3.63) is 28.2 Å². The highest BCUT2D eigenvalue weighted by Crippen LogP contribution is 2.28. The average molecular weight is 312 g/mol. The fraction of sp³-hybridized carbons (Fsp3) is 0.333. The molecule has 0 spiro atoms. The van der Waals surface area contributed by atoms with Crippen molar-refractivity contribution in [3.63, 3.8) is 0 Å². The monoisotopic (exact) mass is 311 g/mol. The Bertz CT molecular complexity index is 486. The molecule has 6 heteroatoms. The molecule has 1 fully saturated rings. The average Bonchev–Trinajstić information content (AvgIpc) is 2.27. The van der Waals surface area contributed by atoms with E-state index in [1.807, 2.05) is 25.1 Å². The van der Waals surface area contributed by atoms with Crippen molar-refractivity contribution in [2.24, 2.45) is 5.73 Å². The molecule has 1 aliphatic rings. The van der Waals surface area contributed by atoms with Crippen LogP contribution >= 0.6 is 15.9 Å². The van der Waals surface area contributed by atoms with Gasteiger partial charge in [-0.15, -0.1) is 0 Å². The molecule has 1 heterocycles. The lowest BCUT2D eigenvalue weighted by atomic mass is 10.1. The Labute approximate surface area is 113 Å². The summed E-state index contributed by atoms with van der Waals surface area (Å²) in [6, 6.07) is 5.49. The van der Waals surface area contributed by atoms with Crippen LogP contribution in [0.5, 0.6) is 0 Å². The quantitative estimate of drug-likeness (QED) is 0.797. The smallest absolute Gasteiger partial charge is 0.246 e. The van der Waals surface area contributed by atoms with Crippen LogP contribution in [0.1, 0.15) is 18.5 Å². The molecule has 1 unspecified atom stereocenters. The Balaban J connectivity index is 2.37. The number of imide groups is 1. The molecular formula is C12H14BrN3O2. The molecule has 1 aromatic rings. The number of nitrogens with zero attached hydrogens (tertiary/aromatic N) is 1. The summed E-state index contributed by atoms with van der Waals surface area (Å²) in [6.07, 6.45) is 0. The van der Waals surface area contributed by atoms with E-state index in [-0.39, 0.29) is 30.9 Å². The summed E-state index contributed by atoms with van der Waals surface area (Å²) in [4.78, 5) is 24.5. The number of hydrogen-bond acceptors (Lipinski definition) is 4. The molecule has 2 amide bonds. The van der Waals surface area contributed by atoms with E-state index in [4.69, 9.17) is 5.73 Å². The second kappa shape index (κ2) is 5.07. The zero-order chi connectivity index (χ0) is 13.3. The van der Waals surface area contributed by atoms with Crippen LogP contribution in [0.15, 0.2) is 22.7 Å². The molecule has 1 atom stereocenters. The second-order valence-electron chi connectivity index (χ2n) is 4.32. The van der Waals surface area contributed by atoms with E-state index in [1.165, 1.54) is 0 Å². The lowest BCUT2D eigenvalue weighted by Gasteiger charge is -2.30. The van der Waals surface area contributed by atoms with Crippen molar-refractivity contribution < 1.29 is 9.59 Å². The van der Waals surface area contributed by atoms with Crippen molar-refractivity contribution in [2.75, 3.05) is 18.0 Å². The van der Waals surface area contributed by atoms with Crippen LogP contribution in [0.3, 0.4) is 0 Å². The molecule has 0 aromatic heterocycles. The van der Waals surface area contributed by atoms with Crippen molar-refractivity contribution >= 4 is 33.4 Å². The number of piperazine rings is 1. The number of nitrogens with two attached hydrogens (primary N) is 1. The highest BCUT2D eigenvalue weighted by molar-refractivity contribution is 9.10. The minimum absolute atomic E-state index is 0.169. The van der Waals surface area contributed by atoms with Gasteiger partial charge in [-0.1, -0.05) is 15.9 Å². The van der Waals surface area contributed by atoms with Gasteiger partial charge in [0, 0.05) is 16.2 Å². The van der Waals surface area contributed by atoms with Gasteiger partial charge < -0.3 is 10.6 Å². The number of rotatable bonds is 2. The molecule has 3 N–H and O–H groups in total. The van der Waals surface area contributed by atoms with Gasteiger partial charge in [-0.3, -0.25) is 14.9 Å². The predicted octanol–water partition coefficient (Wildman–Crippen LogP) is 0.932. The first kappa shape index (κ1) is 13.0. The Kier molecular flexibility index (Phi) is 3.68. The molecule has 1 aromatic carbocycles. The molecule has 96 valence electrons. The highest BCUT2D eigenvalue weighted by atomic mass is 79.9. The molecule has 1 saturated heterocycles. The van der Waals surface area contributed by atoms with Gasteiger partial charge in [-0.05, 0) is 30.7 Å². The van der Waals surface area contributed by atoms with Crippen molar-refractivity contribution in [1.29, 1.82) is 0 Å². The number of amides is 2. The molecule has 5 nitrogen and oxygen atoms in total. The topological polar surface area (TPSA) is 75.4 Å². The van der Waals surface area contributed by atoms with Gasteiger partial charge in [0.25, 0.3) is 0 Å². The molecule has 18 heavy (non-hydrogen) atoms. The summed E-state index contributed by atoms with van der Waals surface area (Å²) in [7, 11) is 0. The van der Waals surface area contributed by atoms with E-state index in [2.05, 4.69) is 21.2 Å². The number of nitrogens with one attached hydrogen (secondary N) is 1. The third kappa shape index (κ3) is 2.70. The van der Waals surface area contributed by atoms with Gasteiger partial charge in [0.2, 0.25) is 11.8 Å². The van der Waals surface area contributed by atoms with E-state index >= 15 is 0 Å². The van der Waals surface area contributed by atoms with E-state index in [0.29, 0.717) is 0 Å². The molecule has 0 saturated carbocycles. The number of benzene rings is 1. The van der Waals surface area contributed by atoms with E-state index in [9.17, 15) is 9.59 Å². The van der Waals surface area contributed by atoms with Gasteiger partial charge >= 0.3 is 0 Å². The first-order valence-electron chi connectivity index (χ1n) is 5.60. The van der Waals surface area contributed by atoms with Crippen molar-refractivity contribution in [3.8, 4) is 0 Å². The summed E-state index contributed by atoms with van der Waals surface area (Å²) < 4.78 is 0.923. The Morgan fingerprint density at radius 3 is 2.50 bits per heavy atom. The standard InChI is InChI=1S/C12H14BrN3O2/c1-7(14)9-4-8(13)2-3-10(9)16-5-11(17)15-12(18)6-16/h2-4,7H,5-6,14H2,1H3,(H,15,17,18). The maximum absolute atomic E-state index is 11.4. The molecular weight excluding hydrogens is 298 g/mol. The summed E-state index contributed by atoms with van der Waals surface area (Å²) in [5.74, 6) is -0.574. The maximum atomic E-state index is 11.4. The number of carbonyl (C=O) groups excluding carboxylic acids is 2. The summed E-state index contributed by atoms with van der Waals surface area (Å²) in [5.41, 5.74) is 7.67. The minimum Gasteiger partial charge on any atom is -0.353 e. The van der Waals surface area contributed by atoms with Gasteiger partial charge in [0.1, 0.15) is 0 Å². The second-order valence-corrected chi connectivity index (χ2v) is 5.23. The number of halogens is 1. The zero-order valence-electron chi connectivity index (χ0n) is 9.94. The van der Waals surface area contributed by atoms with Gasteiger partial charge in [-0.25, -0.2) is 0 Å². The first-order valence-corrected chi connectivity index (χ1v) is 6.39. The lowest BCUT2D eigenvalue weighted by molar-refractivity contribution is -0.130. The lowest BCUT2D eigenvalue weighted by Crippen LogP contribution is -2.51. The largest absolute Gasteiger partial charge is 0.353 e. The normalized spacial score (nSPS) is 17.6. The molecule has 0 aliphatic carbocycles. The number of carbonyl (C=O) groups is 2. The Morgan fingerprint density at radius 2 is 1.94 bits per heavy atom. The third-order valence-electron chi connectivity index (χ3n) is 2.77. The summed E-state index contributed by atoms with van der Waals surface area (Å²) in [6.45, 7) is 2.22. The molecule has 0 radical (unpaired) electrons. The third-order valence-corrected chi connectivity index (χ3v) is 3.26. The SMILES string of the molecule is CC(N)c1cc(Br)ccc1N1CC(=O)NC(=O)C1. The van der Waals surface area contributed by atoms with Crippen LogP contribution in [0.2, 0.25) is 0 Å². The number of anilines is 1. The maximum Gasteiger partial charge on any atom is 0.246 e. The zero-order valence-corrected chi connectivity index (χ0v) is 11.5. The number of hydrogen-bond donors (Lipinski definition) is 2. The Hall–Kier alpha value is -1.40. The van der Waals surface area contributed by atoms with Crippen LogP contribution < -0.4 is 16.0 Å². The van der Waals surface area contributed by atoms with Gasteiger partial charge in [0.15, 0.2) is 0 Å². The van der Waals surface area contributed by atoms with Gasteiger partial charge in [-0.2, -0.15) is 0 Å². The highest BCUT2D eigenvalue weighted by Gasteiger charge is 2.24. The van der Waals surface area contributed by atoms with E-state index in [0.717, 1.165) is 15.7 Å². The fourth-order valence-electron chi connectivity index (χ4n) is 1.99. The fourth-order valence-corrected chi connectivity index (χ4v) is 2.36. The van der Waals surface area contributed by atoms with Crippen molar-refractivity contribution in [2.45, 2.75) is 13.0 Å². The van der Waals surface area contributed by atoms with E-state index < -0.39 is 0 Å². The van der Waals surface area contributed by atoms with E-state index in [1.54, 1.807) is 4.90 Å². The molecule has 2 rings (SSSR count). The van der Waals surface area contributed by atoms with Crippen LogP contribution in [-0.4, -0.2) is 24.9 Å². The van der Waals surface area contributed by atoms with Crippen LogP contribution in [0, 0.1) is 0 Å². The minimum atomic E-state index is -0.287. The molecule has 0 bridgehead atoms. The molecule has 1 aliphatic heterocycles. The van der Waals surface area contributed by atoms with Crippen molar-refractivity contribution in [1.82, 2.24) is 5.32 Å². The Morgan fingerprint density at radius 1 is 1.33 bits per heavy atom. The van der Waals surface area contributed by atoms with Crippen LogP contribution in [0.25, 0.3) is 0 Å². The summed E-state index contributed by atoms with van der Waals surface area (Å²) in [5, 5.41) is 2.28. The first-order chi connectivity index (χ1) is 8.47. The van der Waals surface area contributed by atoms with Gasteiger partial charge in [0.05, 0.1) is 13.1 Å². The summed E-state index contributed by atoms with van der Waals surface area (Å²) >= 11 is 3.39.